The van der Waals surface area contributed by atoms with E-state index in [0.717, 1.165) is 16.8 Å². The second-order valence-corrected chi connectivity index (χ2v) is 3.22. The van der Waals surface area contributed by atoms with Crippen molar-refractivity contribution in [1.29, 1.82) is 0 Å². The van der Waals surface area contributed by atoms with Gasteiger partial charge in [0.2, 0.25) is 5.28 Å². The highest BCUT2D eigenvalue weighted by Gasteiger charge is 2.03. The Kier molecular flexibility index (Phi) is 2.41. The van der Waals surface area contributed by atoms with Crippen LogP contribution in [0.3, 0.4) is 0 Å². The second kappa shape index (κ2) is 3.72. The van der Waals surface area contributed by atoms with Crippen molar-refractivity contribution in [3.63, 3.8) is 0 Å². The predicted octanol–water partition coefficient (Wildman–Crippen LogP) is 2.50. The van der Waals surface area contributed by atoms with Crippen LogP contribution in [0.1, 0.15) is 5.69 Å². The molecule has 0 unspecified atom stereocenters. The molecule has 0 bridgehead atoms. The molecule has 0 atom stereocenters. The molecule has 0 fully saturated rings. The van der Waals surface area contributed by atoms with Crippen molar-refractivity contribution in [2.45, 2.75) is 6.92 Å². The smallest absolute Gasteiger partial charge is 0.222 e. The Morgan fingerprint density at radius 1 is 1.29 bits per heavy atom. The van der Waals surface area contributed by atoms with Crippen molar-refractivity contribution in [3.05, 3.63) is 41.7 Å². The number of rotatable bonds is 1. The molecule has 0 radical (unpaired) electrons. The average Bonchev–Trinajstić information content (AvgIpc) is 2.19. The third kappa shape index (κ3) is 1.72. The fourth-order valence-corrected chi connectivity index (χ4v) is 1.42. The summed E-state index contributed by atoms with van der Waals surface area (Å²) in [5, 5.41) is 0.273. The van der Waals surface area contributed by atoms with E-state index in [1.54, 1.807) is 18.6 Å². The van der Waals surface area contributed by atoms with Gasteiger partial charge in [-0.2, -0.15) is 0 Å². The maximum Gasteiger partial charge on any atom is 0.222 e. The van der Waals surface area contributed by atoms with Crippen LogP contribution < -0.4 is 0 Å². The fraction of sp³-hybridized carbons (Fsp3) is 0.100. The normalized spacial score (nSPS) is 10.1. The standard InChI is InChI=1S/C10H8ClN3/c1-7-9(6-13-10(11)14-7)8-3-2-4-12-5-8/h2-6H,1H3. The lowest BCUT2D eigenvalue weighted by atomic mass is 10.1. The van der Waals surface area contributed by atoms with E-state index in [9.17, 15) is 0 Å². The van der Waals surface area contributed by atoms with Gasteiger partial charge in [-0.05, 0) is 24.6 Å². The van der Waals surface area contributed by atoms with Crippen molar-refractivity contribution in [2.24, 2.45) is 0 Å². The molecule has 2 heterocycles. The van der Waals surface area contributed by atoms with E-state index in [0.29, 0.717) is 0 Å². The molecule has 4 heteroatoms. The van der Waals surface area contributed by atoms with Crippen molar-refractivity contribution in [3.8, 4) is 11.1 Å². The van der Waals surface area contributed by atoms with E-state index < -0.39 is 0 Å². The predicted molar refractivity (Wildman–Crippen MR) is 55.0 cm³/mol. The molecule has 2 aromatic rings. The summed E-state index contributed by atoms with van der Waals surface area (Å²) in [6, 6.07) is 3.84. The molecule has 0 saturated heterocycles. The number of hydrogen-bond acceptors (Lipinski definition) is 3. The molecule has 70 valence electrons. The Labute approximate surface area is 86.8 Å². The van der Waals surface area contributed by atoms with Crippen LogP contribution in [-0.2, 0) is 0 Å². The summed E-state index contributed by atoms with van der Waals surface area (Å²) in [5.74, 6) is 0. The van der Waals surface area contributed by atoms with Gasteiger partial charge in [0, 0.05) is 29.7 Å². The molecule has 0 amide bonds. The van der Waals surface area contributed by atoms with Gasteiger partial charge in [0.15, 0.2) is 0 Å². The van der Waals surface area contributed by atoms with E-state index >= 15 is 0 Å². The molecule has 0 aliphatic heterocycles. The van der Waals surface area contributed by atoms with Crippen LogP contribution in [0.2, 0.25) is 5.28 Å². The zero-order chi connectivity index (χ0) is 9.97. The van der Waals surface area contributed by atoms with Crippen LogP contribution in [0.15, 0.2) is 30.7 Å². The monoisotopic (exact) mass is 205 g/mol. The lowest BCUT2D eigenvalue weighted by Gasteiger charge is -2.03. The maximum absolute atomic E-state index is 5.67. The summed E-state index contributed by atoms with van der Waals surface area (Å²) < 4.78 is 0. The topological polar surface area (TPSA) is 38.7 Å². The van der Waals surface area contributed by atoms with Gasteiger partial charge in [-0.15, -0.1) is 0 Å². The van der Waals surface area contributed by atoms with E-state index in [1.807, 2.05) is 19.1 Å². The summed E-state index contributed by atoms with van der Waals surface area (Å²) in [6.07, 6.45) is 5.22. The highest BCUT2D eigenvalue weighted by molar-refractivity contribution is 6.28. The molecule has 14 heavy (non-hydrogen) atoms. The molecule has 2 rings (SSSR count). The molecule has 0 spiro atoms. The van der Waals surface area contributed by atoms with Gasteiger partial charge in [0.05, 0.1) is 5.69 Å². The van der Waals surface area contributed by atoms with Crippen molar-refractivity contribution >= 4 is 11.6 Å². The lowest BCUT2D eigenvalue weighted by Crippen LogP contribution is -1.91. The zero-order valence-corrected chi connectivity index (χ0v) is 8.36. The number of pyridine rings is 1. The average molecular weight is 206 g/mol. The van der Waals surface area contributed by atoms with E-state index in [-0.39, 0.29) is 5.28 Å². The molecule has 0 N–H and O–H groups in total. The highest BCUT2D eigenvalue weighted by Crippen LogP contribution is 2.20. The minimum absolute atomic E-state index is 0.273. The second-order valence-electron chi connectivity index (χ2n) is 2.88. The van der Waals surface area contributed by atoms with E-state index in [4.69, 9.17) is 11.6 Å². The Hall–Kier alpha value is -1.48. The summed E-state index contributed by atoms with van der Waals surface area (Å²) in [7, 11) is 0. The van der Waals surface area contributed by atoms with Gasteiger partial charge in [0.25, 0.3) is 0 Å². The maximum atomic E-state index is 5.67. The third-order valence-corrected chi connectivity index (χ3v) is 2.10. The molecule has 0 aliphatic rings. The van der Waals surface area contributed by atoms with Gasteiger partial charge >= 0.3 is 0 Å². The summed E-state index contributed by atoms with van der Waals surface area (Å²) >= 11 is 5.67. The van der Waals surface area contributed by atoms with E-state index in [1.165, 1.54) is 0 Å². The number of aromatic nitrogens is 3. The van der Waals surface area contributed by atoms with Gasteiger partial charge in [-0.1, -0.05) is 6.07 Å². The number of hydrogen-bond donors (Lipinski definition) is 0. The van der Waals surface area contributed by atoms with Gasteiger partial charge < -0.3 is 0 Å². The molecular weight excluding hydrogens is 198 g/mol. The Morgan fingerprint density at radius 3 is 2.79 bits per heavy atom. The van der Waals surface area contributed by atoms with Crippen molar-refractivity contribution in [1.82, 2.24) is 15.0 Å². The third-order valence-electron chi connectivity index (χ3n) is 1.92. The molecule has 0 aliphatic carbocycles. The largest absolute Gasteiger partial charge is 0.264 e. The van der Waals surface area contributed by atoms with Crippen molar-refractivity contribution in [2.75, 3.05) is 0 Å². The van der Waals surface area contributed by atoms with Crippen LogP contribution in [0, 0.1) is 6.92 Å². The summed E-state index contributed by atoms with van der Waals surface area (Å²) in [6.45, 7) is 1.90. The first-order valence-electron chi connectivity index (χ1n) is 4.17. The first kappa shape index (κ1) is 9.09. The molecule has 3 nitrogen and oxygen atoms in total. The minimum Gasteiger partial charge on any atom is -0.264 e. The molecular formula is C10H8ClN3. The van der Waals surface area contributed by atoms with Gasteiger partial charge in [0.1, 0.15) is 0 Å². The molecule has 2 aromatic heterocycles. The Balaban J connectivity index is 2.53. The van der Waals surface area contributed by atoms with Gasteiger partial charge in [-0.3, -0.25) is 4.98 Å². The number of nitrogens with zero attached hydrogens (tertiary/aromatic N) is 3. The minimum atomic E-state index is 0.273. The highest BCUT2D eigenvalue weighted by atomic mass is 35.5. The van der Waals surface area contributed by atoms with E-state index in [2.05, 4.69) is 15.0 Å². The quantitative estimate of drug-likeness (QED) is 0.672. The van der Waals surface area contributed by atoms with Crippen LogP contribution in [0.25, 0.3) is 11.1 Å². The van der Waals surface area contributed by atoms with Gasteiger partial charge in [-0.25, -0.2) is 9.97 Å². The Morgan fingerprint density at radius 2 is 2.14 bits per heavy atom. The Bertz CT molecular complexity index is 442. The van der Waals surface area contributed by atoms with Crippen LogP contribution in [0.4, 0.5) is 0 Å². The molecule has 0 aromatic carbocycles. The number of aryl methyl sites for hydroxylation is 1. The molecule has 0 saturated carbocycles. The zero-order valence-electron chi connectivity index (χ0n) is 7.61. The van der Waals surface area contributed by atoms with Crippen molar-refractivity contribution < 1.29 is 0 Å². The number of halogens is 1. The van der Waals surface area contributed by atoms with Crippen LogP contribution in [-0.4, -0.2) is 15.0 Å². The van der Waals surface area contributed by atoms with Crippen LogP contribution >= 0.6 is 11.6 Å². The van der Waals surface area contributed by atoms with Crippen LogP contribution in [0.5, 0.6) is 0 Å². The summed E-state index contributed by atoms with van der Waals surface area (Å²) in [5.41, 5.74) is 2.82. The first-order valence-corrected chi connectivity index (χ1v) is 4.55. The lowest BCUT2D eigenvalue weighted by molar-refractivity contribution is 1.10. The fourth-order valence-electron chi connectivity index (χ4n) is 1.24. The first-order chi connectivity index (χ1) is 6.77. The summed E-state index contributed by atoms with van der Waals surface area (Å²) in [4.78, 5) is 12.1. The SMILES string of the molecule is Cc1nc(Cl)ncc1-c1cccnc1.